The molecule has 1 N–H and O–H groups in total. The van der Waals surface area contributed by atoms with Crippen LogP contribution in [0.15, 0.2) is 54.6 Å². The Bertz CT molecular complexity index is 963. The Kier molecular flexibility index (Phi) is 4.48. The summed E-state index contributed by atoms with van der Waals surface area (Å²) < 4.78 is 13.4. The molecule has 0 aliphatic carbocycles. The second-order valence-electron chi connectivity index (χ2n) is 5.81. The number of benzene rings is 2. The smallest absolute Gasteiger partial charge is 0.328 e. The molecule has 5 heteroatoms. The number of aromatic nitrogens is 1. The molecule has 0 bridgehead atoms. The van der Waals surface area contributed by atoms with Crippen LogP contribution in [0, 0.1) is 5.82 Å². The predicted octanol–water partition coefficient (Wildman–Crippen LogP) is 4.20. The van der Waals surface area contributed by atoms with Gasteiger partial charge in [-0.2, -0.15) is 0 Å². The van der Waals surface area contributed by atoms with E-state index < -0.39 is 5.97 Å². The lowest BCUT2D eigenvalue weighted by Crippen LogP contribution is -2.13. The molecule has 1 aromatic heterocycles. The molecule has 126 valence electrons. The molecule has 1 heterocycles. The molecule has 0 saturated carbocycles. The van der Waals surface area contributed by atoms with Crippen molar-refractivity contribution in [2.75, 3.05) is 19.0 Å². The zero-order valence-corrected chi connectivity index (χ0v) is 13.9. The van der Waals surface area contributed by atoms with Crippen molar-refractivity contribution in [3.05, 3.63) is 66.0 Å². The van der Waals surface area contributed by atoms with Crippen LogP contribution in [-0.4, -0.2) is 30.2 Å². The van der Waals surface area contributed by atoms with E-state index in [9.17, 15) is 9.18 Å². The number of rotatable bonds is 4. The summed E-state index contributed by atoms with van der Waals surface area (Å²) in [4.78, 5) is 17.5. The Morgan fingerprint density at radius 1 is 1.12 bits per heavy atom. The molecule has 0 radical (unpaired) electrons. The van der Waals surface area contributed by atoms with Gasteiger partial charge < -0.3 is 10.0 Å². The zero-order chi connectivity index (χ0) is 18.0. The normalized spacial score (nSPS) is 11.2. The predicted molar refractivity (Wildman–Crippen MR) is 98.1 cm³/mol. The topological polar surface area (TPSA) is 53.4 Å². The molecule has 4 nitrogen and oxygen atoms in total. The van der Waals surface area contributed by atoms with Gasteiger partial charge in [-0.05, 0) is 29.8 Å². The van der Waals surface area contributed by atoms with Crippen LogP contribution < -0.4 is 4.90 Å². The van der Waals surface area contributed by atoms with E-state index in [0.717, 1.165) is 28.1 Å². The first-order valence-electron chi connectivity index (χ1n) is 7.74. The third kappa shape index (κ3) is 3.35. The molecule has 0 amide bonds. The molecule has 0 saturated heterocycles. The first-order chi connectivity index (χ1) is 12.0. The maximum atomic E-state index is 13.4. The van der Waals surface area contributed by atoms with E-state index in [1.54, 1.807) is 12.1 Å². The van der Waals surface area contributed by atoms with Gasteiger partial charge in [0, 0.05) is 36.7 Å². The fraction of sp³-hybridized carbons (Fsp3) is 0.100. The fourth-order valence-corrected chi connectivity index (χ4v) is 2.79. The largest absolute Gasteiger partial charge is 0.478 e. The van der Waals surface area contributed by atoms with Crippen LogP contribution in [0.25, 0.3) is 28.1 Å². The second-order valence-corrected chi connectivity index (χ2v) is 5.81. The number of aliphatic carboxylic acids is 1. The van der Waals surface area contributed by atoms with E-state index in [4.69, 9.17) is 5.11 Å². The standard InChI is InChI=1S/C20H17FN2O2/c1-23(2)20-16(11-12-18(24)25)19(13-7-9-14(21)10-8-13)15-5-3-4-6-17(15)22-20/h3-12H,1-2H3,(H,24,25)/b12-11+. The highest BCUT2D eigenvalue weighted by Gasteiger charge is 2.16. The Balaban J connectivity index is 2.42. The number of para-hydroxylation sites is 1. The Hall–Kier alpha value is -3.21. The number of nitrogens with zero attached hydrogens (tertiary/aromatic N) is 2. The van der Waals surface area contributed by atoms with Gasteiger partial charge in [-0.25, -0.2) is 14.2 Å². The first-order valence-corrected chi connectivity index (χ1v) is 7.74. The van der Waals surface area contributed by atoms with Crippen molar-refractivity contribution < 1.29 is 14.3 Å². The van der Waals surface area contributed by atoms with Gasteiger partial charge in [0.1, 0.15) is 11.6 Å². The highest BCUT2D eigenvalue weighted by atomic mass is 19.1. The number of carbonyl (C=O) groups is 1. The minimum atomic E-state index is -1.04. The number of hydrogen-bond donors (Lipinski definition) is 1. The van der Waals surface area contributed by atoms with E-state index in [1.165, 1.54) is 18.2 Å². The van der Waals surface area contributed by atoms with Crippen LogP contribution in [0.1, 0.15) is 5.56 Å². The second kappa shape index (κ2) is 6.73. The molecule has 0 fully saturated rings. The zero-order valence-electron chi connectivity index (χ0n) is 13.9. The highest BCUT2D eigenvalue weighted by molar-refractivity contribution is 6.03. The third-order valence-corrected chi connectivity index (χ3v) is 3.86. The minimum absolute atomic E-state index is 0.322. The number of halogens is 1. The molecule has 25 heavy (non-hydrogen) atoms. The summed E-state index contributed by atoms with van der Waals surface area (Å²) in [5.74, 6) is -0.712. The number of anilines is 1. The van der Waals surface area contributed by atoms with Gasteiger partial charge in [0.05, 0.1) is 5.52 Å². The van der Waals surface area contributed by atoms with E-state index in [2.05, 4.69) is 4.98 Å². The molecule has 3 rings (SSSR count). The van der Waals surface area contributed by atoms with Crippen LogP contribution >= 0.6 is 0 Å². The number of carboxylic acid groups (broad SMARTS) is 1. The maximum Gasteiger partial charge on any atom is 0.328 e. The molecule has 0 aliphatic rings. The molecule has 2 aromatic carbocycles. The van der Waals surface area contributed by atoms with E-state index in [1.807, 2.05) is 43.3 Å². The van der Waals surface area contributed by atoms with Gasteiger partial charge in [0.2, 0.25) is 0 Å². The number of pyridine rings is 1. The van der Waals surface area contributed by atoms with Crippen molar-refractivity contribution in [2.24, 2.45) is 0 Å². The van der Waals surface area contributed by atoms with Crippen LogP contribution in [0.4, 0.5) is 10.2 Å². The van der Waals surface area contributed by atoms with Crippen molar-refractivity contribution in [1.29, 1.82) is 0 Å². The average Bonchev–Trinajstić information content (AvgIpc) is 2.59. The monoisotopic (exact) mass is 336 g/mol. The number of hydrogen-bond acceptors (Lipinski definition) is 3. The van der Waals surface area contributed by atoms with Crippen molar-refractivity contribution in [2.45, 2.75) is 0 Å². The molecule has 0 spiro atoms. The average molecular weight is 336 g/mol. The Morgan fingerprint density at radius 2 is 1.80 bits per heavy atom. The highest BCUT2D eigenvalue weighted by Crippen LogP contribution is 2.37. The summed E-state index contributed by atoms with van der Waals surface area (Å²) >= 11 is 0. The van der Waals surface area contributed by atoms with Gasteiger partial charge in [0.25, 0.3) is 0 Å². The summed E-state index contributed by atoms with van der Waals surface area (Å²) in [5, 5.41) is 9.92. The van der Waals surface area contributed by atoms with Gasteiger partial charge >= 0.3 is 5.97 Å². The maximum absolute atomic E-state index is 13.4. The van der Waals surface area contributed by atoms with Crippen LogP contribution in [0.2, 0.25) is 0 Å². The number of fused-ring (bicyclic) bond motifs is 1. The number of carboxylic acids is 1. The van der Waals surface area contributed by atoms with Gasteiger partial charge in [-0.15, -0.1) is 0 Å². The quantitative estimate of drug-likeness (QED) is 0.725. The summed E-state index contributed by atoms with van der Waals surface area (Å²) in [6.07, 6.45) is 2.63. The SMILES string of the molecule is CN(C)c1nc2ccccc2c(-c2ccc(F)cc2)c1/C=C/C(=O)O. The van der Waals surface area contributed by atoms with Crippen molar-refractivity contribution in [3.63, 3.8) is 0 Å². The molecular weight excluding hydrogens is 319 g/mol. The first kappa shape index (κ1) is 16.6. The molecule has 3 aromatic rings. The third-order valence-electron chi connectivity index (χ3n) is 3.86. The van der Waals surface area contributed by atoms with Crippen LogP contribution in [-0.2, 0) is 4.79 Å². The molecular formula is C20H17FN2O2. The molecule has 0 atom stereocenters. The lowest BCUT2D eigenvalue weighted by molar-refractivity contribution is -0.131. The van der Waals surface area contributed by atoms with Gasteiger partial charge in [-0.1, -0.05) is 30.3 Å². The van der Waals surface area contributed by atoms with E-state index >= 15 is 0 Å². The summed E-state index contributed by atoms with van der Waals surface area (Å²) in [6.45, 7) is 0. The Morgan fingerprint density at radius 3 is 2.44 bits per heavy atom. The van der Waals surface area contributed by atoms with Crippen molar-refractivity contribution in [3.8, 4) is 11.1 Å². The van der Waals surface area contributed by atoms with Crippen molar-refractivity contribution in [1.82, 2.24) is 4.98 Å². The van der Waals surface area contributed by atoms with Crippen molar-refractivity contribution >= 4 is 28.8 Å². The Labute approximate surface area is 144 Å². The summed E-state index contributed by atoms with van der Waals surface area (Å²) in [7, 11) is 3.70. The van der Waals surface area contributed by atoms with Gasteiger partial charge in [0.15, 0.2) is 0 Å². The minimum Gasteiger partial charge on any atom is -0.478 e. The lowest BCUT2D eigenvalue weighted by Gasteiger charge is -2.20. The van der Waals surface area contributed by atoms with Gasteiger partial charge in [-0.3, -0.25) is 0 Å². The van der Waals surface area contributed by atoms with E-state index in [-0.39, 0.29) is 5.82 Å². The van der Waals surface area contributed by atoms with Crippen LogP contribution in [0.3, 0.4) is 0 Å². The lowest BCUT2D eigenvalue weighted by atomic mass is 9.95. The fourth-order valence-electron chi connectivity index (χ4n) is 2.79. The summed E-state index contributed by atoms with van der Waals surface area (Å²) in [6, 6.07) is 13.8. The molecule has 0 unspecified atom stereocenters. The summed E-state index contributed by atoms with van der Waals surface area (Å²) in [5.41, 5.74) is 3.09. The molecule has 0 aliphatic heterocycles. The van der Waals surface area contributed by atoms with Crippen LogP contribution in [0.5, 0.6) is 0 Å². The van der Waals surface area contributed by atoms with E-state index in [0.29, 0.717) is 11.4 Å².